The van der Waals surface area contributed by atoms with Crippen molar-refractivity contribution in [3.63, 3.8) is 0 Å². The van der Waals surface area contributed by atoms with E-state index in [1.807, 2.05) is 4.90 Å². The molecule has 0 spiro atoms. The number of likely N-dealkylation sites (tertiary alicyclic amines) is 1. The van der Waals surface area contributed by atoms with Crippen LogP contribution in [0.2, 0.25) is 0 Å². The molecule has 7 nitrogen and oxygen atoms in total. The molecular formula is C20H33N5O2. The second-order valence-electron chi connectivity index (χ2n) is 7.52. The van der Waals surface area contributed by atoms with Gasteiger partial charge in [0.15, 0.2) is 11.7 Å². The van der Waals surface area contributed by atoms with Gasteiger partial charge in [0.2, 0.25) is 0 Å². The maximum Gasteiger partial charge on any atom is 0.289 e. The van der Waals surface area contributed by atoms with Crippen LogP contribution in [0.15, 0.2) is 27.8 Å². The third kappa shape index (κ3) is 5.48. The summed E-state index contributed by atoms with van der Waals surface area (Å²) < 4.78 is 5.23. The van der Waals surface area contributed by atoms with Gasteiger partial charge < -0.3 is 24.4 Å². The number of furan rings is 1. The quantitative estimate of drug-likeness (QED) is 0.627. The van der Waals surface area contributed by atoms with E-state index < -0.39 is 0 Å². The fraction of sp³-hybridized carbons (Fsp3) is 0.700. The Balaban J connectivity index is 1.48. The Hall–Kier alpha value is -2.02. The fourth-order valence-electron chi connectivity index (χ4n) is 3.69. The van der Waals surface area contributed by atoms with E-state index >= 15 is 0 Å². The minimum Gasteiger partial charge on any atom is -0.459 e. The zero-order chi connectivity index (χ0) is 19.1. The Morgan fingerprint density at radius 2 is 1.89 bits per heavy atom. The van der Waals surface area contributed by atoms with Gasteiger partial charge in [0.1, 0.15) is 0 Å². The highest BCUT2D eigenvalue weighted by Crippen LogP contribution is 2.15. The number of nitrogens with one attached hydrogen (secondary N) is 1. The van der Waals surface area contributed by atoms with Crippen LogP contribution >= 0.6 is 0 Å². The summed E-state index contributed by atoms with van der Waals surface area (Å²) in [6, 6.07) is 3.48. The van der Waals surface area contributed by atoms with Crippen LogP contribution in [0.5, 0.6) is 0 Å². The van der Waals surface area contributed by atoms with Crippen molar-refractivity contribution in [2.24, 2.45) is 10.9 Å². The molecule has 0 bridgehead atoms. The molecule has 0 aromatic carbocycles. The van der Waals surface area contributed by atoms with Crippen LogP contribution in [0.4, 0.5) is 0 Å². The largest absolute Gasteiger partial charge is 0.459 e. The lowest BCUT2D eigenvalue weighted by atomic mass is 9.99. The van der Waals surface area contributed by atoms with Crippen LogP contribution in [0.3, 0.4) is 0 Å². The lowest BCUT2D eigenvalue weighted by Gasteiger charge is -2.36. The summed E-state index contributed by atoms with van der Waals surface area (Å²) in [7, 11) is 0. The monoisotopic (exact) mass is 375 g/mol. The Morgan fingerprint density at radius 3 is 2.52 bits per heavy atom. The van der Waals surface area contributed by atoms with E-state index in [-0.39, 0.29) is 5.91 Å². The predicted octanol–water partition coefficient (Wildman–Crippen LogP) is 1.73. The molecule has 1 amide bonds. The van der Waals surface area contributed by atoms with Crippen molar-refractivity contribution in [1.82, 2.24) is 20.0 Å². The first-order chi connectivity index (χ1) is 13.2. The van der Waals surface area contributed by atoms with Crippen molar-refractivity contribution in [3.05, 3.63) is 24.2 Å². The van der Waals surface area contributed by atoms with Gasteiger partial charge in [-0.15, -0.1) is 0 Å². The van der Waals surface area contributed by atoms with Gasteiger partial charge in [-0.05, 0) is 50.9 Å². The topological polar surface area (TPSA) is 64.3 Å². The molecule has 2 aliphatic rings. The number of carbonyl (C=O) groups is 1. The van der Waals surface area contributed by atoms with Gasteiger partial charge in [0.25, 0.3) is 5.91 Å². The van der Waals surface area contributed by atoms with E-state index in [0.717, 1.165) is 44.6 Å². The van der Waals surface area contributed by atoms with Gasteiger partial charge in [-0.3, -0.25) is 9.79 Å². The van der Waals surface area contributed by atoms with E-state index in [1.54, 1.807) is 18.4 Å². The highest BCUT2D eigenvalue weighted by Gasteiger charge is 2.25. The maximum absolute atomic E-state index is 12.4. The molecule has 3 heterocycles. The van der Waals surface area contributed by atoms with Crippen LogP contribution in [0.1, 0.15) is 37.2 Å². The van der Waals surface area contributed by atoms with E-state index in [0.29, 0.717) is 18.8 Å². The Morgan fingerprint density at radius 1 is 1.19 bits per heavy atom. The number of guanidine groups is 1. The van der Waals surface area contributed by atoms with Crippen molar-refractivity contribution in [3.8, 4) is 0 Å². The molecule has 1 N–H and O–H groups in total. The molecule has 2 aliphatic heterocycles. The molecule has 0 radical (unpaired) electrons. The van der Waals surface area contributed by atoms with Crippen molar-refractivity contribution in [2.75, 3.05) is 58.9 Å². The van der Waals surface area contributed by atoms with Gasteiger partial charge in [-0.25, -0.2) is 0 Å². The summed E-state index contributed by atoms with van der Waals surface area (Å²) in [4.78, 5) is 23.9. The molecule has 150 valence electrons. The number of piperidine rings is 1. The van der Waals surface area contributed by atoms with Crippen LogP contribution in [0, 0.1) is 5.92 Å². The zero-order valence-electron chi connectivity index (χ0n) is 16.7. The van der Waals surface area contributed by atoms with E-state index in [2.05, 4.69) is 29.0 Å². The van der Waals surface area contributed by atoms with Crippen molar-refractivity contribution in [1.29, 1.82) is 0 Å². The summed E-state index contributed by atoms with van der Waals surface area (Å²) in [6.07, 6.45) is 4.15. The Labute approximate surface area is 162 Å². The number of piperazine rings is 1. The van der Waals surface area contributed by atoms with Crippen LogP contribution < -0.4 is 5.32 Å². The highest BCUT2D eigenvalue weighted by atomic mass is 16.3. The summed E-state index contributed by atoms with van der Waals surface area (Å²) in [5, 5.41) is 3.40. The average molecular weight is 376 g/mol. The minimum atomic E-state index is -0.0269. The molecule has 0 aliphatic carbocycles. The van der Waals surface area contributed by atoms with Crippen molar-refractivity contribution >= 4 is 11.9 Å². The second-order valence-corrected chi connectivity index (χ2v) is 7.52. The minimum absolute atomic E-state index is 0.0269. The van der Waals surface area contributed by atoms with E-state index in [1.165, 1.54) is 25.9 Å². The van der Waals surface area contributed by atoms with Gasteiger partial charge in [0.05, 0.1) is 12.8 Å². The SMILES string of the molecule is CCNC(=NCCN1CCC(C)CC1)N1CCN(C(=O)c2ccco2)CC1. The van der Waals surface area contributed by atoms with Gasteiger partial charge in [-0.1, -0.05) is 6.92 Å². The predicted molar refractivity (Wildman–Crippen MR) is 107 cm³/mol. The number of aliphatic imine (C=N–C) groups is 1. The Bertz CT molecular complexity index is 600. The molecule has 0 atom stereocenters. The number of rotatable bonds is 5. The van der Waals surface area contributed by atoms with E-state index in [9.17, 15) is 4.79 Å². The molecule has 1 aromatic heterocycles. The molecule has 2 fully saturated rings. The van der Waals surface area contributed by atoms with Crippen LogP contribution in [-0.4, -0.2) is 85.5 Å². The van der Waals surface area contributed by atoms with E-state index in [4.69, 9.17) is 9.41 Å². The van der Waals surface area contributed by atoms with Crippen molar-refractivity contribution in [2.45, 2.75) is 26.7 Å². The highest BCUT2D eigenvalue weighted by molar-refractivity contribution is 5.91. The van der Waals surface area contributed by atoms with Crippen LogP contribution in [-0.2, 0) is 0 Å². The summed E-state index contributed by atoms with van der Waals surface area (Å²) in [5.74, 6) is 2.22. The first kappa shape index (κ1) is 19.7. The number of amides is 1. The first-order valence-corrected chi connectivity index (χ1v) is 10.3. The summed E-state index contributed by atoms with van der Waals surface area (Å²) in [5.41, 5.74) is 0. The molecule has 7 heteroatoms. The molecule has 0 saturated carbocycles. The Kier molecular flexibility index (Phi) is 7.15. The van der Waals surface area contributed by atoms with Gasteiger partial charge >= 0.3 is 0 Å². The second kappa shape index (κ2) is 9.78. The van der Waals surface area contributed by atoms with Gasteiger partial charge in [-0.2, -0.15) is 0 Å². The van der Waals surface area contributed by atoms with Crippen LogP contribution in [0.25, 0.3) is 0 Å². The molecular weight excluding hydrogens is 342 g/mol. The number of nitrogens with zero attached hydrogens (tertiary/aromatic N) is 4. The number of hydrogen-bond acceptors (Lipinski definition) is 4. The fourth-order valence-corrected chi connectivity index (χ4v) is 3.69. The van der Waals surface area contributed by atoms with Crippen molar-refractivity contribution < 1.29 is 9.21 Å². The third-order valence-corrected chi connectivity index (χ3v) is 5.49. The maximum atomic E-state index is 12.4. The average Bonchev–Trinajstić information content (AvgIpc) is 3.23. The molecule has 27 heavy (non-hydrogen) atoms. The lowest BCUT2D eigenvalue weighted by Crippen LogP contribution is -2.53. The molecule has 3 rings (SSSR count). The number of carbonyl (C=O) groups excluding carboxylic acids is 1. The standard InChI is InChI=1S/C20H33N5O2/c1-3-21-20(22-8-11-23-9-6-17(2)7-10-23)25-14-12-24(13-15-25)19(26)18-5-4-16-27-18/h4-5,16-17H,3,6-15H2,1-2H3,(H,21,22). The molecule has 2 saturated heterocycles. The zero-order valence-corrected chi connectivity index (χ0v) is 16.7. The molecule has 0 unspecified atom stereocenters. The summed E-state index contributed by atoms with van der Waals surface area (Å²) in [6.45, 7) is 12.5. The van der Waals surface area contributed by atoms with Gasteiger partial charge in [0, 0.05) is 39.3 Å². The molecule has 1 aromatic rings. The third-order valence-electron chi connectivity index (χ3n) is 5.49. The number of hydrogen-bond donors (Lipinski definition) is 1. The smallest absolute Gasteiger partial charge is 0.289 e. The normalized spacial score (nSPS) is 20.1. The first-order valence-electron chi connectivity index (χ1n) is 10.3. The lowest BCUT2D eigenvalue weighted by molar-refractivity contribution is 0.0657. The summed E-state index contributed by atoms with van der Waals surface area (Å²) >= 11 is 0.